The molecule has 2 amide bonds. The molecule has 14 heavy (non-hydrogen) atoms. The Morgan fingerprint density at radius 2 is 1.64 bits per heavy atom. The Kier molecular flexibility index (Phi) is 2.19. The van der Waals surface area contributed by atoms with Crippen LogP contribution in [0.5, 0.6) is 0 Å². The second-order valence-electron chi connectivity index (χ2n) is 4.13. The van der Waals surface area contributed by atoms with E-state index in [1.165, 1.54) is 0 Å². The number of nitrogens with one attached hydrogen (secondary N) is 1. The zero-order chi connectivity index (χ0) is 10.2. The zero-order valence-electron chi connectivity index (χ0n) is 7.95. The maximum absolute atomic E-state index is 11.7. The van der Waals surface area contributed by atoms with Gasteiger partial charge in [0.1, 0.15) is 0 Å². The molecule has 3 heterocycles. The van der Waals surface area contributed by atoms with Gasteiger partial charge >= 0.3 is 6.09 Å². The minimum absolute atomic E-state index is 0.302. The molecule has 0 saturated carbocycles. The quantitative estimate of drug-likeness (QED) is 0.634. The van der Waals surface area contributed by atoms with Crippen LogP contribution in [0.1, 0.15) is 19.3 Å². The van der Waals surface area contributed by atoms with E-state index in [0.29, 0.717) is 0 Å². The van der Waals surface area contributed by atoms with Gasteiger partial charge in [0.2, 0.25) is 5.91 Å². The molecule has 0 unspecified atom stereocenters. The normalized spacial score (nSPS) is 35.3. The minimum atomic E-state index is -1.24. The fourth-order valence-corrected chi connectivity index (χ4v) is 2.40. The van der Waals surface area contributed by atoms with E-state index in [4.69, 9.17) is 5.11 Å². The number of hydrogen-bond acceptors (Lipinski definition) is 3. The number of hydrogen-bond donors (Lipinski definition) is 2. The molecule has 0 spiro atoms. The Bertz CT molecular complexity index is 255. The third-order valence-electron chi connectivity index (χ3n) is 3.42. The van der Waals surface area contributed by atoms with Crippen LogP contribution in [0.3, 0.4) is 0 Å². The maximum atomic E-state index is 11.7. The van der Waals surface area contributed by atoms with Gasteiger partial charge in [0, 0.05) is 0 Å². The Morgan fingerprint density at radius 1 is 1.14 bits per heavy atom. The van der Waals surface area contributed by atoms with Crippen LogP contribution in [0.15, 0.2) is 0 Å². The van der Waals surface area contributed by atoms with Crippen LogP contribution >= 0.6 is 0 Å². The zero-order valence-corrected chi connectivity index (χ0v) is 7.95. The van der Waals surface area contributed by atoms with Crippen LogP contribution in [0.4, 0.5) is 4.79 Å². The van der Waals surface area contributed by atoms with Crippen molar-refractivity contribution in [2.75, 3.05) is 19.6 Å². The van der Waals surface area contributed by atoms with Gasteiger partial charge in [0.05, 0.1) is 5.41 Å². The van der Waals surface area contributed by atoms with E-state index in [9.17, 15) is 9.59 Å². The first kappa shape index (κ1) is 9.45. The van der Waals surface area contributed by atoms with Gasteiger partial charge in [-0.3, -0.25) is 10.1 Å². The maximum Gasteiger partial charge on any atom is 0.411 e. The van der Waals surface area contributed by atoms with Crippen molar-refractivity contribution >= 4 is 12.0 Å². The van der Waals surface area contributed by atoms with E-state index in [1.54, 1.807) is 0 Å². The van der Waals surface area contributed by atoms with Gasteiger partial charge in [-0.25, -0.2) is 4.79 Å². The fraction of sp³-hybridized carbons (Fsp3) is 0.778. The first-order valence-corrected chi connectivity index (χ1v) is 4.89. The van der Waals surface area contributed by atoms with Crippen molar-refractivity contribution < 1.29 is 14.7 Å². The third kappa shape index (κ3) is 1.48. The molecule has 0 aliphatic carbocycles. The summed E-state index contributed by atoms with van der Waals surface area (Å²) in [4.78, 5) is 24.4. The van der Waals surface area contributed by atoms with Gasteiger partial charge in [0.15, 0.2) is 0 Å². The molecule has 0 atom stereocenters. The van der Waals surface area contributed by atoms with Crippen molar-refractivity contribution in [2.45, 2.75) is 19.3 Å². The van der Waals surface area contributed by atoms with Crippen LogP contribution in [-0.4, -0.2) is 41.6 Å². The summed E-state index contributed by atoms with van der Waals surface area (Å²) in [6.07, 6.45) is 1.15. The standard InChI is InChI=1S/C9H14N2O3/c12-7(10-8(13)14)9-1-4-11(5-2-9)6-3-9/h1-6H2,(H,10,12)(H,13,14). The first-order chi connectivity index (χ1) is 6.62. The second-order valence-corrected chi connectivity index (χ2v) is 4.13. The monoisotopic (exact) mass is 198 g/mol. The van der Waals surface area contributed by atoms with Gasteiger partial charge < -0.3 is 10.0 Å². The van der Waals surface area contributed by atoms with E-state index in [0.717, 1.165) is 38.9 Å². The van der Waals surface area contributed by atoms with Gasteiger partial charge in [-0.05, 0) is 38.9 Å². The SMILES string of the molecule is O=C(O)NC(=O)C12CCN(CC1)CC2. The van der Waals surface area contributed by atoms with E-state index in [-0.39, 0.29) is 5.91 Å². The van der Waals surface area contributed by atoms with E-state index in [1.807, 2.05) is 5.32 Å². The van der Waals surface area contributed by atoms with E-state index >= 15 is 0 Å². The molecule has 0 aromatic carbocycles. The number of carbonyl (C=O) groups is 2. The molecular weight excluding hydrogens is 184 g/mol. The molecule has 3 aliphatic rings. The Hall–Kier alpha value is -1.10. The highest BCUT2D eigenvalue weighted by Gasteiger charge is 2.45. The number of carbonyl (C=O) groups excluding carboxylic acids is 1. The third-order valence-corrected chi connectivity index (χ3v) is 3.42. The summed E-state index contributed by atoms with van der Waals surface area (Å²) in [7, 11) is 0. The van der Waals surface area contributed by atoms with Crippen LogP contribution in [0.2, 0.25) is 0 Å². The van der Waals surface area contributed by atoms with Crippen molar-refractivity contribution in [1.29, 1.82) is 0 Å². The summed E-state index contributed by atoms with van der Waals surface area (Å²) in [5, 5.41) is 10.5. The number of nitrogens with zero attached hydrogens (tertiary/aromatic N) is 1. The lowest BCUT2D eigenvalue weighted by atomic mass is 9.71. The summed E-state index contributed by atoms with van der Waals surface area (Å²) in [5.41, 5.74) is -0.396. The fourth-order valence-electron chi connectivity index (χ4n) is 2.40. The number of carboxylic acid groups (broad SMARTS) is 1. The molecule has 0 radical (unpaired) electrons. The molecule has 3 fully saturated rings. The number of fused-ring (bicyclic) bond motifs is 3. The summed E-state index contributed by atoms with van der Waals surface area (Å²) in [6, 6.07) is 0. The smallest absolute Gasteiger partial charge is 0.411 e. The topological polar surface area (TPSA) is 69.6 Å². The Morgan fingerprint density at radius 3 is 2.07 bits per heavy atom. The van der Waals surface area contributed by atoms with Crippen molar-refractivity contribution in [1.82, 2.24) is 10.2 Å². The van der Waals surface area contributed by atoms with Crippen LogP contribution in [0.25, 0.3) is 0 Å². The average Bonchev–Trinajstić information content (AvgIpc) is 2.19. The molecule has 3 aliphatic heterocycles. The average molecular weight is 198 g/mol. The lowest BCUT2D eigenvalue weighted by Gasteiger charge is -2.46. The largest absolute Gasteiger partial charge is 0.465 e. The van der Waals surface area contributed by atoms with Gasteiger partial charge in [-0.1, -0.05) is 0 Å². The molecule has 3 saturated heterocycles. The number of piperidine rings is 3. The van der Waals surface area contributed by atoms with Crippen LogP contribution < -0.4 is 5.32 Å². The van der Waals surface area contributed by atoms with Crippen molar-refractivity contribution in [3.8, 4) is 0 Å². The molecule has 5 nitrogen and oxygen atoms in total. The summed E-state index contributed by atoms with van der Waals surface area (Å²) in [6.45, 7) is 2.77. The van der Waals surface area contributed by atoms with Crippen molar-refractivity contribution in [2.24, 2.45) is 5.41 Å². The van der Waals surface area contributed by atoms with Gasteiger partial charge in [-0.15, -0.1) is 0 Å². The highest BCUT2D eigenvalue weighted by molar-refractivity contribution is 5.94. The predicted molar refractivity (Wildman–Crippen MR) is 48.9 cm³/mol. The molecule has 5 heteroatoms. The minimum Gasteiger partial charge on any atom is -0.465 e. The van der Waals surface area contributed by atoms with Crippen molar-refractivity contribution in [3.05, 3.63) is 0 Å². The highest BCUT2D eigenvalue weighted by Crippen LogP contribution is 2.40. The van der Waals surface area contributed by atoms with Gasteiger partial charge in [0.25, 0.3) is 0 Å². The van der Waals surface area contributed by atoms with E-state index in [2.05, 4.69) is 4.90 Å². The van der Waals surface area contributed by atoms with Gasteiger partial charge in [-0.2, -0.15) is 0 Å². The van der Waals surface area contributed by atoms with E-state index < -0.39 is 11.5 Å². The molecule has 2 bridgehead atoms. The predicted octanol–water partition coefficient (Wildman–Crippen LogP) is 0.266. The molecule has 78 valence electrons. The summed E-state index contributed by atoms with van der Waals surface area (Å²) in [5.74, 6) is -0.302. The first-order valence-electron chi connectivity index (χ1n) is 4.89. The molecule has 0 aromatic heterocycles. The lowest BCUT2D eigenvalue weighted by molar-refractivity contribution is -0.137. The molecule has 0 aromatic rings. The lowest BCUT2D eigenvalue weighted by Crippen LogP contribution is -2.55. The number of imide groups is 1. The molecule has 3 rings (SSSR count). The Labute approximate surface area is 82.1 Å². The number of amides is 2. The number of rotatable bonds is 1. The Balaban J connectivity index is 2.07. The van der Waals surface area contributed by atoms with Crippen LogP contribution in [-0.2, 0) is 4.79 Å². The summed E-state index contributed by atoms with van der Waals surface area (Å²) < 4.78 is 0. The highest BCUT2D eigenvalue weighted by atomic mass is 16.4. The molecular formula is C9H14N2O3. The summed E-state index contributed by atoms with van der Waals surface area (Å²) >= 11 is 0. The molecule has 2 N–H and O–H groups in total. The van der Waals surface area contributed by atoms with Crippen LogP contribution in [0, 0.1) is 5.41 Å². The second kappa shape index (κ2) is 3.24. The van der Waals surface area contributed by atoms with Crippen molar-refractivity contribution in [3.63, 3.8) is 0 Å².